The number of hydrogen-bond acceptors (Lipinski definition) is 7. The maximum Gasteiger partial charge on any atom is 0.408 e. The Bertz CT molecular complexity index is 1010. The zero-order valence-electron chi connectivity index (χ0n) is 18.5. The van der Waals surface area contributed by atoms with E-state index in [4.69, 9.17) is 13.9 Å². The van der Waals surface area contributed by atoms with Crippen LogP contribution in [0.1, 0.15) is 43.9 Å². The molecule has 1 aromatic heterocycles. The topological polar surface area (TPSA) is 94.8 Å². The minimum atomic E-state index is -0.875. The third-order valence-electron chi connectivity index (χ3n) is 4.45. The van der Waals surface area contributed by atoms with Gasteiger partial charge in [0.05, 0.1) is 5.39 Å². The maximum absolute atomic E-state index is 12.9. The average molecular weight is 436 g/mol. The smallest absolute Gasteiger partial charge is 0.408 e. The molecule has 2 aromatic rings. The standard InChI is InChI=1S/C22H29NO6S/c1-12-10-16-18(13(2)14(3)19(24)27-16)17(11-12)28-20(25)15(8-9-30-7)23-21(26)29-22(4,5)6/h10-11,15H,8-9H2,1-7H3,(H,23,26). The molecular weight excluding hydrogens is 406 g/mol. The van der Waals surface area contributed by atoms with E-state index in [1.54, 1.807) is 58.5 Å². The van der Waals surface area contributed by atoms with Crippen LogP contribution in [0.5, 0.6) is 5.75 Å². The lowest BCUT2D eigenvalue weighted by Crippen LogP contribution is -2.45. The normalized spacial score (nSPS) is 12.5. The van der Waals surface area contributed by atoms with Crippen LogP contribution in [-0.2, 0) is 9.53 Å². The lowest BCUT2D eigenvalue weighted by atomic mass is 10.0. The van der Waals surface area contributed by atoms with Crippen molar-refractivity contribution in [2.24, 2.45) is 0 Å². The predicted octanol–water partition coefficient (Wildman–Crippen LogP) is 4.27. The molecule has 0 fully saturated rings. The van der Waals surface area contributed by atoms with Crippen LogP contribution >= 0.6 is 11.8 Å². The zero-order valence-corrected chi connectivity index (χ0v) is 19.3. The number of benzene rings is 1. The van der Waals surface area contributed by atoms with E-state index in [9.17, 15) is 14.4 Å². The Kier molecular flexibility index (Phi) is 7.58. The van der Waals surface area contributed by atoms with Crippen molar-refractivity contribution >= 4 is 34.8 Å². The number of carbonyl (C=O) groups excluding carboxylic acids is 2. The highest BCUT2D eigenvalue weighted by Crippen LogP contribution is 2.31. The molecule has 0 aliphatic carbocycles. The summed E-state index contributed by atoms with van der Waals surface area (Å²) in [5.41, 5.74) is 1.16. The first-order valence-electron chi connectivity index (χ1n) is 9.67. The Balaban J connectivity index is 2.36. The molecule has 0 bridgehead atoms. The van der Waals surface area contributed by atoms with Crippen molar-refractivity contribution in [1.82, 2.24) is 5.32 Å². The number of nitrogens with one attached hydrogen (secondary N) is 1. The minimum Gasteiger partial charge on any atom is -0.444 e. The van der Waals surface area contributed by atoms with E-state index in [1.807, 2.05) is 13.2 Å². The van der Waals surface area contributed by atoms with Crippen molar-refractivity contribution in [3.05, 3.63) is 39.2 Å². The molecule has 164 valence electrons. The number of alkyl carbamates (subject to hydrolysis) is 1. The Hall–Kier alpha value is -2.48. The van der Waals surface area contributed by atoms with Crippen molar-refractivity contribution in [3.8, 4) is 5.75 Å². The first kappa shape index (κ1) is 23.8. The van der Waals surface area contributed by atoms with Crippen LogP contribution in [0.3, 0.4) is 0 Å². The van der Waals surface area contributed by atoms with Crippen molar-refractivity contribution in [3.63, 3.8) is 0 Å². The van der Waals surface area contributed by atoms with Gasteiger partial charge in [-0.3, -0.25) is 0 Å². The number of aryl methyl sites for hydroxylation is 2. The summed E-state index contributed by atoms with van der Waals surface area (Å²) in [7, 11) is 0. The van der Waals surface area contributed by atoms with Gasteiger partial charge in [0.25, 0.3) is 0 Å². The van der Waals surface area contributed by atoms with Crippen LogP contribution in [0.15, 0.2) is 21.3 Å². The van der Waals surface area contributed by atoms with E-state index >= 15 is 0 Å². The van der Waals surface area contributed by atoms with E-state index in [1.165, 1.54) is 0 Å². The number of esters is 1. The molecule has 8 heteroatoms. The molecule has 1 N–H and O–H groups in total. The molecule has 1 amide bonds. The van der Waals surface area contributed by atoms with Gasteiger partial charge in [-0.25, -0.2) is 14.4 Å². The first-order chi connectivity index (χ1) is 13.9. The van der Waals surface area contributed by atoms with Gasteiger partial charge in [0.1, 0.15) is 23.0 Å². The van der Waals surface area contributed by atoms with Crippen LogP contribution in [0.25, 0.3) is 11.0 Å². The van der Waals surface area contributed by atoms with Gasteiger partial charge in [-0.2, -0.15) is 11.8 Å². The summed E-state index contributed by atoms with van der Waals surface area (Å²) in [6, 6.07) is 2.57. The number of thioether (sulfide) groups is 1. The second-order valence-electron chi connectivity index (χ2n) is 8.18. The first-order valence-corrected chi connectivity index (χ1v) is 11.1. The molecule has 7 nitrogen and oxygen atoms in total. The summed E-state index contributed by atoms with van der Waals surface area (Å²) in [5, 5.41) is 3.17. The van der Waals surface area contributed by atoms with Crippen molar-refractivity contribution in [2.45, 2.75) is 59.6 Å². The van der Waals surface area contributed by atoms with Crippen LogP contribution in [-0.4, -0.2) is 35.7 Å². The molecule has 1 atom stereocenters. The second-order valence-corrected chi connectivity index (χ2v) is 9.16. The average Bonchev–Trinajstić information content (AvgIpc) is 2.61. The fourth-order valence-electron chi connectivity index (χ4n) is 2.88. The highest BCUT2D eigenvalue weighted by Gasteiger charge is 2.27. The lowest BCUT2D eigenvalue weighted by Gasteiger charge is -2.23. The highest BCUT2D eigenvalue weighted by atomic mass is 32.2. The molecule has 0 saturated carbocycles. The molecule has 30 heavy (non-hydrogen) atoms. The molecule has 1 aromatic carbocycles. The zero-order chi connectivity index (χ0) is 22.6. The number of fused-ring (bicyclic) bond motifs is 1. The third kappa shape index (κ3) is 6.01. The quantitative estimate of drug-likeness (QED) is 0.411. The summed E-state index contributed by atoms with van der Waals surface area (Å²) >= 11 is 1.56. The van der Waals surface area contributed by atoms with Gasteiger partial charge in [-0.15, -0.1) is 0 Å². The van der Waals surface area contributed by atoms with E-state index in [0.717, 1.165) is 5.56 Å². The summed E-state index contributed by atoms with van der Waals surface area (Å²) in [6.45, 7) is 10.5. The van der Waals surface area contributed by atoms with Gasteiger partial charge in [0, 0.05) is 5.56 Å². The summed E-state index contributed by atoms with van der Waals surface area (Å²) in [6.07, 6.45) is 1.62. The summed E-state index contributed by atoms with van der Waals surface area (Å²) in [4.78, 5) is 37.2. The highest BCUT2D eigenvalue weighted by molar-refractivity contribution is 7.98. The van der Waals surface area contributed by atoms with Crippen LogP contribution in [0.4, 0.5) is 4.79 Å². The SMILES string of the molecule is CSCCC(NC(=O)OC(C)(C)C)C(=O)Oc1cc(C)cc2oc(=O)c(C)c(C)c12. The summed E-state index contributed by atoms with van der Waals surface area (Å²) in [5.74, 6) is 0.335. The lowest BCUT2D eigenvalue weighted by molar-refractivity contribution is -0.136. The van der Waals surface area contributed by atoms with Gasteiger partial charge in [-0.1, -0.05) is 0 Å². The number of ether oxygens (including phenoxy) is 2. The Morgan fingerprint density at radius 1 is 1.17 bits per heavy atom. The molecule has 2 rings (SSSR count). The van der Waals surface area contributed by atoms with Gasteiger partial charge in [-0.05, 0) is 83.2 Å². The molecule has 0 aliphatic heterocycles. The van der Waals surface area contributed by atoms with Gasteiger partial charge in [0.15, 0.2) is 0 Å². The maximum atomic E-state index is 12.9. The molecule has 0 radical (unpaired) electrons. The van der Waals surface area contributed by atoms with E-state index < -0.39 is 29.3 Å². The molecule has 0 saturated heterocycles. The van der Waals surface area contributed by atoms with E-state index in [0.29, 0.717) is 40.0 Å². The molecule has 1 unspecified atom stereocenters. The fraction of sp³-hybridized carbons (Fsp3) is 0.500. The van der Waals surface area contributed by atoms with Gasteiger partial charge in [0.2, 0.25) is 0 Å². The number of carbonyl (C=O) groups is 2. The monoisotopic (exact) mass is 435 g/mol. The fourth-order valence-corrected chi connectivity index (χ4v) is 3.35. The minimum absolute atomic E-state index is 0.291. The van der Waals surface area contributed by atoms with E-state index in [2.05, 4.69) is 5.32 Å². The van der Waals surface area contributed by atoms with Gasteiger partial charge < -0.3 is 19.2 Å². The van der Waals surface area contributed by atoms with Crippen LogP contribution < -0.4 is 15.7 Å². The number of hydrogen-bond donors (Lipinski definition) is 1. The predicted molar refractivity (Wildman–Crippen MR) is 118 cm³/mol. The van der Waals surface area contributed by atoms with Crippen molar-refractivity contribution in [1.29, 1.82) is 0 Å². The molecule has 0 aliphatic rings. The molecular formula is C22H29NO6S. The van der Waals surface area contributed by atoms with Crippen LogP contribution in [0.2, 0.25) is 0 Å². The van der Waals surface area contributed by atoms with Crippen molar-refractivity contribution < 1.29 is 23.5 Å². The molecule has 1 heterocycles. The van der Waals surface area contributed by atoms with Crippen LogP contribution in [0, 0.1) is 20.8 Å². The third-order valence-corrected chi connectivity index (χ3v) is 5.10. The second kappa shape index (κ2) is 9.55. The molecule has 0 spiro atoms. The Morgan fingerprint density at radius 3 is 2.43 bits per heavy atom. The Morgan fingerprint density at radius 2 is 1.83 bits per heavy atom. The Labute approximate surface area is 180 Å². The number of rotatable bonds is 6. The van der Waals surface area contributed by atoms with E-state index in [-0.39, 0.29) is 0 Å². The number of amides is 1. The summed E-state index contributed by atoms with van der Waals surface area (Å²) < 4.78 is 16.3. The van der Waals surface area contributed by atoms with Crippen molar-refractivity contribution in [2.75, 3.05) is 12.0 Å². The largest absolute Gasteiger partial charge is 0.444 e. The van der Waals surface area contributed by atoms with Gasteiger partial charge >= 0.3 is 17.7 Å².